The second-order valence-electron chi connectivity index (χ2n) is 4.63. The van der Waals surface area contributed by atoms with Gasteiger partial charge in [0.15, 0.2) is 11.5 Å². The molecule has 100 valence electrons. The number of benzene rings is 1. The van der Waals surface area contributed by atoms with Gasteiger partial charge < -0.3 is 14.2 Å². The van der Waals surface area contributed by atoms with E-state index in [0.29, 0.717) is 30.6 Å². The molecule has 2 aromatic rings. The molecule has 0 unspecified atom stereocenters. The minimum absolute atomic E-state index is 0.316. The maximum absolute atomic E-state index is 5.31. The van der Waals surface area contributed by atoms with Crippen LogP contribution in [-0.4, -0.2) is 37.4 Å². The summed E-state index contributed by atoms with van der Waals surface area (Å²) in [7, 11) is 3.25. The fourth-order valence-electron chi connectivity index (χ4n) is 2.20. The summed E-state index contributed by atoms with van der Waals surface area (Å²) in [5.74, 6) is 2.55. The summed E-state index contributed by atoms with van der Waals surface area (Å²) in [5, 5.41) is 0.988. The highest BCUT2D eigenvalue weighted by Gasteiger charge is 2.24. The molecule has 5 heteroatoms. The molecule has 0 amide bonds. The van der Waals surface area contributed by atoms with Crippen molar-refractivity contribution in [2.75, 3.05) is 27.4 Å². The molecule has 0 saturated carbocycles. The molecule has 1 fully saturated rings. The summed E-state index contributed by atoms with van der Waals surface area (Å²) >= 11 is 0. The molecule has 1 aliphatic heterocycles. The molecule has 3 rings (SSSR count). The van der Waals surface area contributed by atoms with Crippen molar-refractivity contribution in [3.8, 4) is 11.5 Å². The predicted molar refractivity (Wildman–Crippen MR) is 70.9 cm³/mol. The van der Waals surface area contributed by atoms with Crippen molar-refractivity contribution in [1.29, 1.82) is 0 Å². The summed E-state index contributed by atoms with van der Waals surface area (Å²) in [6.45, 7) is 3.40. The summed E-state index contributed by atoms with van der Waals surface area (Å²) in [4.78, 5) is 9.18. The van der Waals surface area contributed by atoms with Gasteiger partial charge >= 0.3 is 0 Å². The fraction of sp³-hybridized carbons (Fsp3) is 0.429. The highest BCUT2D eigenvalue weighted by Crippen LogP contribution is 2.33. The largest absolute Gasteiger partial charge is 0.493 e. The van der Waals surface area contributed by atoms with Crippen LogP contribution in [0.15, 0.2) is 12.1 Å². The third-order valence-electron chi connectivity index (χ3n) is 3.41. The van der Waals surface area contributed by atoms with Crippen LogP contribution >= 0.6 is 0 Å². The SMILES string of the molecule is COc1cc2nc(C3COC3)nc(C)c2cc1OC. The first kappa shape index (κ1) is 12.2. The Labute approximate surface area is 111 Å². The molecule has 0 radical (unpaired) electrons. The summed E-state index contributed by atoms with van der Waals surface area (Å²) in [6.07, 6.45) is 0. The molecule has 0 bridgehead atoms. The van der Waals surface area contributed by atoms with Crippen molar-refractivity contribution in [2.24, 2.45) is 0 Å². The number of aryl methyl sites for hydroxylation is 1. The molecule has 0 aliphatic carbocycles. The monoisotopic (exact) mass is 260 g/mol. The average molecular weight is 260 g/mol. The highest BCUT2D eigenvalue weighted by atomic mass is 16.5. The summed E-state index contributed by atoms with van der Waals surface area (Å²) in [5.41, 5.74) is 1.83. The smallest absolute Gasteiger partial charge is 0.162 e. The van der Waals surface area contributed by atoms with Gasteiger partial charge in [-0.15, -0.1) is 0 Å². The van der Waals surface area contributed by atoms with E-state index < -0.39 is 0 Å². The quantitative estimate of drug-likeness (QED) is 0.845. The Balaban J connectivity index is 2.17. The number of aromatic nitrogens is 2. The van der Waals surface area contributed by atoms with Crippen LogP contribution in [0, 0.1) is 6.92 Å². The molecular formula is C14H16N2O3. The molecule has 0 N–H and O–H groups in total. The lowest BCUT2D eigenvalue weighted by molar-refractivity contribution is 0.00494. The van der Waals surface area contributed by atoms with Gasteiger partial charge in [0, 0.05) is 17.1 Å². The topological polar surface area (TPSA) is 53.5 Å². The first-order chi connectivity index (χ1) is 9.22. The van der Waals surface area contributed by atoms with E-state index in [-0.39, 0.29) is 0 Å². The zero-order chi connectivity index (χ0) is 13.4. The summed E-state index contributed by atoms with van der Waals surface area (Å²) < 4.78 is 15.8. The molecule has 1 aliphatic rings. The molecule has 0 atom stereocenters. The van der Waals surface area contributed by atoms with E-state index in [2.05, 4.69) is 9.97 Å². The Morgan fingerprint density at radius 1 is 1.11 bits per heavy atom. The van der Waals surface area contributed by atoms with Gasteiger partial charge in [0.1, 0.15) is 5.82 Å². The molecule has 0 spiro atoms. The summed E-state index contributed by atoms with van der Waals surface area (Å²) in [6, 6.07) is 3.82. The Morgan fingerprint density at radius 2 is 1.79 bits per heavy atom. The number of rotatable bonds is 3. The van der Waals surface area contributed by atoms with Crippen molar-refractivity contribution >= 4 is 10.9 Å². The standard InChI is InChI=1S/C14H16N2O3/c1-8-10-4-12(17-2)13(18-3)5-11(10)16-14(15-8)9-6-19-7-9/h4-5,9H,6-7H2,1-3H3. The Bertz CT molecular complexity index is 624. The van der Waals surface area contributed by atoms with E-state index in [1.807, 2.05) is 19.1 Å². The van der Waals surface area contributed by atoms with Gasteiger partial charge in [0.05, 0.1) is 38.9 Å². The second kappa shape index (κ2) is 4.66. The van der Waals surface area contributed by atoms with Gasteiger partial charge in [-0.2, -0.15) is 0 Å². The van der Waals surface area contributed by atoms with Crippen LogP contribution in [0.4, 0.5) is 0 Å². The van der Waals surface area contributed by atoms with Gasteiger partial charge in [-0.3, -0.25) is 0 Å². The highest BCUT2D eigenvalue weighted by molar-refractivity contribution is 5.84. The van der Waals surface area contributed by atoms with Crippen LogP contribution in [0.5, 0.6) is 11.5 Å². The van der Waals surface area contributed by atoms with Crippen molar-refractivity contribution < 1.29 is 14.2 Å². The lowest BCUT2D eigenvalue weighted by atomic mass is 10.1. The molecule has 5 nitrogen and oxygen atoms in total. The molecule has 1 saturated heterocycles. The number of hydrogen-bond acceptors (Lipinski definition) is 5. The van der Waals surface area contributed by atoms with Crippen molar-refractivity contribution in [3.63, 3.8) is 0 Å². The van der Waals surface area contributed by atoms with E-state index in [1.54, 1.807) is 14.2 Å². The van der Waals surface area contributed by atoms with E-state index >= 15 is 0 Å². The number of hydrogen-bond donors (Lipinski definition) is 0. The molecule has 19 heavy (non-hydrogen) atoms. The normalized spacial score (nSPS) is 15.3. The van der Waals surface area contributed by atoms with Crippen LogP contribution in [0.3, 0.4) is 0 Å². The maximum Gasteiger partial charge on any atom is 0.162 e. The van der Waals surface area contributed by atoms with Crippen LogP contribution in [-0.2, 0) is 4.74 Å². The number of fused-ring (bicyclic) bond motifs is 1. The Hall–Kier alpha value is -1.88. The lowest BCUT2D eigenvalue weighted by Gasteiger charge is -2.25. The van der Waals surface area contributed by atoms with E-state index in [0.717, 1.165) is 22.4 Å². The Morgan fingerprint density at radius 3 is 2.37 bits per heavy atom. The lowest BCUT2D eigenvalue weighted by Crippen LogP contribution is -2.27. The third kappa shape index (κ3) is 2.00. The van der Waals surface area contributed by atoms with E-state index in [1.165, 1.54) is 0 Å². The molecular weight excluding hydrogens is 244 g/mol. The van der Waals surface area contributed by atoms with Crippen molar-refractivity contribution in [3.05, 3.63) is 23.7 Å². The molecule has 2 heterocycles. The zero-order valence-electron chi connectivity index (χ0n) is 11.3. The number of ether oxygens (including phenoxy) is 3. The minimum Gasteiger partial charge on any atom is -0.493 e. The van der Waals surface area contributed by atoms with Gasteiger partial charge in [-0.05, 0) is 13.0 Å². The molecule has 1 aromatic heterocycles. The maximum atomic E-state index is 5.31. The predicted octanol–water partition coefficient (Wildman–Crippen LogP) is 2.07. The van der Waals surface area contributed by atoms with E-state index in [9.17, 15) is 0 Å². The van der Waals surface area contributed by atoms with Gasteiger partial charge in [-0.25, -0.2) is 9.97 Å². The van der Waals surface area contributed by atoms with Crippen LogP contribution < -0.4 is 9.47 Å². The molecule has 1 aromatic carbocycles. The number of nitrogens with zero attached hydrogens (tertiary/aromatic N) is 2. The first-order valence-corrected chi connectivity index (χ1v) is 6.21. The number of methoxy groups -OCH3 is 2. The van der Waals surface area contributed by atoms with Crippen LogP contribution in [0.1, 0.15) is 17.4 Å². The van der Waals surface area contributed by atoms with Gasteiger partial charge in [0.25, 0.3) is 0 Å². The zero-order valence-corrected chi connectivity index (χ0v) is 11.3. The average Bonchev–Trinajstić information content (AvgIpc) is 2.35. The van der Waals surface area contributed by atoms with Crippen molar-refractivity contribution in [2.45, 2.75) is 12.8 Å². The third-order valence-corrected chi connectivity index (χ3v) is 3.41. The van der Waals surface area contributed by atoms with Gasteiger partial charge in [0.2, 0.25) is 0 Å². The van der Waals surface area contributed by atoms with Crippen molar-refractivity contribution in [1.82, 2.24) is 9.97 Å². The first-order valence-electron chi connectivity index (χ1n) is 6.21. The fourth-order valence-corrected chi connectivity index (χ4v) is 2.20. The van der Waals surface area contributed by atoms with Crippen LogP contribution in [0.2, 0.25) is 0 Å². The Kier molecular flexibility index (Phi) is 2.98. The van der Waals surface area contributed by atoms with Gasteiger partial charge in [-0.1, -0.05) is 0 Å². The second-order valence-corrected chi connectivity index (χ2v) is 4.63. The van der Waals surface area contributed by atoms with E-state index in [4.69, 9.17) is 14.2 Å². The van der Waals surface area contributed by atoms with Crippen LogP contribution in [0.25, 0.3) is 10.9 Å². The minimum atomic E-state index is 0.316.